The summed E-state index contributed by atoms with van der Waals surface area (Å²) in [7, 11) is 0. The Kier molecular flexibility index (Phi) is 2.20. The lowest BCUT2D eigenvalue weighted by atomic mass is 9.93. The molecule has 3 heteroatoms. The van der Waals surface area contributed by atoms with Crippen LogP contribution in [-0.2, 0) is 0 Å². The monoisotopic (exact) mass is 283 g/mol. The molecule has 0 amide bonds. The van der Waals surface area contributed by atoms with Crippen molar-refractivity contribution in [1.29, 1.82) is 0 Å². The normalized spacial score (nSPS) is 16.0. The van der Waals surface area contributed by atoms with Crippen LogP contribution in [0, 0.1) is 0 Å². The number of aromatic nitrogens is 3. The zero-order chi connectivity index (χ0) is 14.7. The molecule has 0 fully saturated rings. The van der Waals surface area contributed by atoms with Crippen LogP contribution in [0.2, 0.25) is 0 Å². The molecule has 0 spiro atoms. The molecule has 0 N–H and O–H groups in total. The van der Waals surface area contributed by atoms with Crippen molar-refractivity contribution in [3.63, 3.8) is 0 Å². The first-order valence-corrected chi connectivity index (χ1v) is 7.46. The fraction of sp³-hybridized carbons (Fsp3) is 0.105. The number of hydrogen-bond acceptors (Lipinski definition) is 3. The third-order valence-electron chi connectivity index (χ3n) is 4.65. The molecule has 1 aromatic carbocycles. The molecular formula is C19H13N3. The predicted octanol–water partition coefficient (Wildman–Crippen LogP) is 4.31. The van der Waals surface area contributed by atoms with Crippen LogP contribution in [0.25, 0.3) is 33.1 Å². The summed E-state index contributed by atoms with van der Waals surface area (Å²) in [5, 5.41) is 3.55. The number of pyridine rings is 3. The Labute approximate surface area is 127 Å². The molecule has 4 aromatic rings. The van der Waals surface area contributed by atoms with Crippen LogP contribution < -0.4 is 0 Å². The molecule has 22 heavy (non-hydrogen) atoms. The lowest BCUT2D eigenvalue weighted by Gasteiger charge is -2.12. The van der Waals surface area contributed by atoms with Crippen LogP contribution in [0.5, 0.6) is 0 Å². The smallest absolute Gasteiger partial charge is 0.159 e. The van der Waals surface area contributed by atoms with E-state index in [-0.39, 0.29) is 0 Å². The van der Waals surface area contributed by atoms with Crippen molar-refractivity contribution in [3.8, 4) is 11.3 Å². The Balaban J connectivity index is 2.00. The van der Waals surface area contributed by atoms with Crippen molar-refractivity contribution in [2.24, 2.45) is 0 Å². The standard InChI is InChI=1S/C19H13N3/c1-11-13-4-2-8-20-18(13)14-7-6-12-10-22-19-15(5-3-9-21-19)17(12)16(11)14/h2-11H,1H3. The summed E-state index contributed by atoms with van der Waals surface area (Å²) in [6.07, 6.45) is 5.59. The Bertz CT molecular complexity index is 1050. The SMILES string of the molecule is CC1c2cccnc2-c2ccc3cnc4ncccc4c3c21. The van der Waals surface area contributed by atoms with Gasteiger partial charge >= 0.3 is 0 Å². The number of hydrogen-bond donors (Lipinski definition) is 0. The van der Waals surface area contributed by atoms with Gasteiger partial charge in [-0.1, -0.05) is 25.1 Å². The van der Waals surface area contributed by atoms with Crippen molar-refractivity contribution in [1.82, 2.24) is 15.0 Å². The molecule has 1 aliphatic rings. The highest BCUT2D eigenvalue weighted by Crippen LogP contribution is 2.47. The van der Waals surface area contributed by atoms with Crippen molar-refractivity contribution >= 4 is 21.8 Å². The lowest BCUT2D eigenvalue weighted by molar-refractivity contribution is 0.962. The van der Waals surface area contributed by atoms with Crippen LogP contribution in [-0.4, -0.2) is 15.0 Å². The molecule has 3 heterocycles. The van der Waals surface area contributed by atoms with Gasteiger partial charge in [0, 0.05) is 40.8 Å². The maximum absolute atomic E-state index is 4.61. The minimum absolute atomic E-state index is 0.341. The maximum atomic E-state index is 4.61. The van der Waals surface area contributed by atoms with E-state index in [4.69, 9.17) is 0 Å². The summed E-state index contributed by atoms with van der Waals surface area (Å²) in [6.45, 7) is 2.26. The van der Waals surface area contributed by atoms with Crippen LogP contribution >= 0.6 is 0 Å². The van der Waals surface area contributed by atoms with Gasteiger partial charge in [0.15, 0.2) is 5.65 Å². The number of fused-ring (bicyclic) bond motifs is 7. The molecule has 0 aliphatic heterocycles. The van der Waals surface area contributed by atoms with Gasteiger partial charge in [0.2, 0.25) is 0 Å². The maximum Gasteiger partial charge on any atom is 0.159 e. The van der Waals surface area contributed by atoms with Gasteiger partial charge in [-0.25, -0.2) is 9.97 Å². The van der Waals surface area contributed by atoms with Gasteiger partial charge in [0.05, 0.1) is 5.69 Å². The second-order valence-corrected chi connectivity index (χ2v) is 5.79. The molecule has 1 atom stereocenters. The molecule has 1 aliphatic carbocycles. The Morgan fingerprint density at radius 3 is 2.73 bits per heavy atom. The molecular weight excluding hydrogens is 270 g/mol. The Hall–Kier alpha value is -2.81. The van der Waals surface area contributed by atoms with Gasteiger partial charge in [-0.05, 0) is 34.7 Å². The van der Waals surface area contributed by atoms with E-state index in [1.54, 1.807) is 6.20 Å². The first-order chi connectivity index (χ1) is 10.8. The molecule has 3 aromatic heterocycles. The molecule has 1 unspecified atom stereocenters. The van der Waals surface area contributed by atoms with Gasteiger partial charge in [-0.2, -0.15) is 0 Å². The predicted molar refractivity (Wildman–Crippen MR) is 87.8 cm³/mol. The number of rotatable bonds is 0. The van der Waals surface area contributed by atoms with E-state index in [0.717, 1.165) is 16.7 Å². The third kappa shape index (κ3) is 1.38. The van der Waals surface area contributed by atoms with Crippen LogP contribution in [0.1, 0.15) is 24.0 Å². The second-order valence-electron chi connectivity index (χ2n) is 5.79. The summed E-state index contributed by atoms with van der Waals surface area (Å²) >= 11 is 0. The van der Waals surface area contributed by atoms with Gasteiger partial charge in [-0.3, -0.25) is 4.98 Å². The van der Waals surface area contributed by atoms with Crippen molar-refractivity contribution in [2.75, 3.05) is 0 Å². The van der Waals surface area contributed by atoms with Crippen molar-refractivity contribution < 1.29 is 0 Å². The van der Waals surface area contributed by atoms with Crippen molar-refractivity contribution in [3.05, 3.63) is 66.1 Å². The summed E-state index contributed by atoms with van der Waals surface area (Å²) in [6, 6.07) is 12.6. The quantitative estimate of drug-likeness (QED) is 0.451. The van der Waals surface area contributed by atoms with E-state index in [9.17, 15) is 0 Å². The van der Waals surface area contributed by atoms with Crippen LogP contribution in [0.4, 0.5) is 0 Å². The average Bonchev–Trinajstić information content (AvgIpc) is 2.88. The average molecular weight is 283 g/mol. The van der Waals surface area contributed by atoms with Crippen LogP contribution in [0.15, 0.2) is 55.0 Å². The van der Waals surface area contributed by atoms with E-state index in [2.05, 4.69) is 46.1 Å². The molecule has 3 nitrogen and oxygen atoms in total. The van der Waals surface area contributed by atoms with Gasteiger partial charge in [0.1, 0.15) is 0 Å². The summed E-state index contributed by atoms with van der Waals surface area (Å²) < 4.78 is 0. The zero-order valence-electron chi connectivity index (χ0n) is 12.1. The van der Waals surface area contributed by atoms with Gasteiger partial charge in [-0.15, -0.1) is 0 Å². The fourth-order valence-corrected chi connectivity index (χ4v) is 3.67. The summed E-state index contributed by atoms with van der Waals surface area (Å²) in [5.74, 6) is 0.341. The second kappa shape index (κ2) is 4.10. The van der Waals surface area contributed by atoms with E-state index in [1.165, 1.54) is 27.5 Å². The van der Waals surface area contributed by atoms with Gasteiger partial charge < -0.3 is 0 Å². The molecule has 0 saturated heterocycles. The van der Waals surface area contributed by atoms with Crippen molar-refractivity contribution in [2.45, 2.75) is 12.8 Å². The summed E-state index contributed by atoms with van der Waals surface area (Å²) in [4.78, 5) is 13.5. The highest BCUT2D eigenvalue weighted by molar-refractivity contribution is 6.09. The highest BCUT2D eigenvalue weighted by atomic mass is 14.8. The Morgan fingerprint density at radius 2 is 1.77 bits per heavy atom. The first-order valence-electron chi connectivity index (χ1n) is 7.46. The Morgan fingerprint density at radius 1 is 0.909 bits per heavy atom. The topological polar surface area (TPSA) is 38.7 Å². The highest BCUT2D eigenvalue weighted by Gasteiger charge is 2.28. The molecule has 104 valence electrons. The third-order valence-corrected chi connectivity index (χ3v) is 4.65. The largest absolute Gasteiger partial charge is 0.256 e. The lowest BCUT2D eigenvalue weighted by Crippen LogP contribution is -1.94. The number of benzene rings is 1. The van der Waals surface area contributed by atoms with E-state index < -0.39 is 0 Å². The van der Waals surface area contributed by atoms with E-state index >= 15 is 0 Å². The zero-order valence-corrected chi connectivity index (χ0v) is 12.1. The van der Waals surface area contributed by atoms with E-state index in [0.29, 0.717) is 5.92 Å². The first kappa shape index (κ1) is 11.8. The summed E-state index contributed by atoms with van der Waals surface area (Å²) in [5.41, 5.74) is 5.82. The fourth-order valence-electron chi connectivity index (χ4n) is 3.67. The van der Waals surface area contributed by atoms with E-state index in [1.807, 2.05) is 24.5 Å². The number of nitrogens with zero attached hydrogens (tertiary/aromatic N) is 3. The molecule has 0 bridgehead atoms. The molecule has 0 saturated carbocycles. The molecule has 5 rings (SSSR count). The molecule has 0 radical (unpaired) electrons. The van der Waals surface area contributed by atoms with Crippen LogP contribution in [0.3, 0.4) is 0 Å². The minimum Gasteiger partial charge on any atom is -0.256 e. The minimum atomic E-state index is 0.341. The van der Waals surface area contributed by atoms with Gasteiger partial charge in [0.25, 0.3) is 0 Å².